The molecule has 4 nitrogen and oxygen atoms in total. The van der Waals surface area contributed by atoms with Gasteiger partial charge in [0.2, 0.25) is 0 Å². The molecule has 1 N–H and O–H groups in total. The number of benzene rings is 1. The lowest BCUT2D eigenvalue weighted by molar-refractivity contribution is -0.136. The maximum absolute atomic E-state index is 13.0. The summed E-state index contributed by atoms with van der Waals surface area (Å²) >= 11 is 5.80. The highest BCUT2D eigenvalue weighted by atomic mass is 35.5. The molecule has 0 atom stereocenters. The van der Waals surface area contributed by atoms with Crippen LogP contribution < -0.4 is 5.32 Å². The van der Waals surface area contributed by atoms with E-state index in [-0.39, 0.29) is 18.0 Å². The zero-order valence-corrected chi connectivity index (χ0v) is 12.6. The van der Waals surface area contributed by atoms with Gasteiger partial charge in [0, 0.05) is 18.1 Å². The van der Waals surface area contributed by atoms with Gasteiger partial charge in [0.05, 0.1) is 12.2 Å². The van der Waals surface area contributed by atoms with E-state index in [1.165, 1.54) is 30.5 Å². The summed E-state index contributed by atoms with van der Waals surface area (Å²) in [5, 5.41) is 3.29. The third-order valence-corrected chi connectivity index (χ3v) is 2.97. The monoisotopic (exact) mass is 320 g/mol. The number of halogens is 2. The molecule has 1 aromatic heterocycles. The molecule has 0 aliphatic rings. The fourth-order valence-electron chi connectivity index (χ4n) is 1.75. The first-order valence-electron chi connectivity index (χ1n) is 6.61. The van der Waals surface area contributed by atoms with Crippen LogP contribution in [0.4, 0.5) is 10.1 Å². The number of hydrogen-bond donors (Lipinski definition) is 1. The van der Waals surface area contributed by atoms with Crippen LogP contribution in [-0.2, 0) is 9.53 Å². The van der Waals surface area contributed by atoms with Crippen molar-refractivity contribution in [3.63, 3.8) is 0 Å². The Labute approximate surface area is 132 Å². The second-order valence-corrected chi connectivity index (χ2v) is 4.68. The summed E-state index contributed by atoms with van der Waals surface area (Å²) in [5.74, 6) is -0.873. The van der Waals surface area contributed by atoms with Crippen molar-refractivity contribution in [1.29, 1.82) is 0 Å². The summed E-state index contributed by atoms with van der Waals surface area (Å²) in [7, 11) is 0. The first-order valence-corrected chi connectivity index (χ1v) is 6.99. The van der Waals surface area contributed by atoms with Crippen molar-refractivity contribution in [3.05, 3.63) is 65.3 Å². The lowest BCUT2D eigenvalue weighted by Crippen LogP contribution is -2.08. The second-order valence-electron chi connectivity index (χ2n) is 4.30. The van der Waals surface area contributed by atoms with Crippen molar-refractivity contribution in [2.45, 2.75) is 6.92 Å². The Bertz CT molecular complexity index is 687. The van der Waals surface area contributed by atoms with Gasteiger partial charge in [0.15, 0.2) is 0 Å². The van der Waals surface area contributed by atoms with E-state index in [0.717, 1.165) is 0 Å². The van der Waals surface area contributed by atoms with Gasteiger partial charge in [-0.3, -0.25) is 0 Å². The van der Waals surface area contributed by atoms with Gasteiger partial charge >= 0.3 is 5.97 Å². The highest BCUT2D eigenvalue weighted by Crippen LogP contribution is 2.19. The van der Waals surface area contributed by atoms with E-state index in [2.05, 4.69) is 10.3 Å². The number of carbonyl (C=O) groups excluding carboxylic acids is 1. The summed E-state index contributed by atoms with van der Waals surface area (Å²) in [6.45, 7) is 1.97. The van der Waals surface area contributed by atoms with E-state index in [0.29, 0.717) is 16.4 Å². The fraction of sp³-hybridized carbons (Fsp3) is 0.125. The number of aromatic nitrogens is 1. The van der Waals surface area contributed by atoms with Crippen molar-refractivity contribution >= 4 is 28.8 Å². The van der Waals surface area contributed by atoms with E-state index in [9.17, 15) is 9.18 Å². The molecule has 0 aliphatic carbocycles. The zero-order valence-electron chi connectivity index (χ0n) is 11.8. The maximum Gasteiger partial charge on any atom is 0.340 e. The number of pyridine rings is 1. The average molecular weight is 321 g/mol. The van der Waals surface area contributed by atoms with Gasteiger partial charge in [-0.05, 0) is 36.8 Å². The minimum atomic E-state index is -0.498. The third kappa shape index (κ3) is 4.30. The normalized spacial score (nSPS) is 11.1. The van der Waals surface area contributed by atoms with Crippen molar-refractivity contribution in [1.82, 2.24) is 4.98 Å². The van der Waals surface area contributed by atoms with Gasteiger partial charge in [-0.15, -0.1) is 0 Å². The molecule has 0 saturated heterocycles. The standard InChI is InChI=1S/C16H14ClFN2O2/c1-2-22-16(21)14(11-3-5-12(18)6-4-11)10-20-13-7-8-19-15(17)9-13/h3-10H,2H2,1H3,(H,19,20). The first-order chi connectivity index (χ1) is 10.6. The van der Waals surface area contributed by atoms with E-state index in [4.69, 9.17) is 16.3 Å². The fourth-order valence-corrected chi connectivity index (χ4v) is 1.92. The number of carbonyl (C=O) groups is 1. The van der Waals surface area contributed by atoms with Gasteiger partial charge in [-0.1, -0.05) is 23.7 Å². The van der Waals surface area contributed by atoms with Crippen LogP contribution in [0, 0.1) is 5.82 Å². The summed E-state index contributed by atoms with van der Waals surface area (Å²) in [6, 6.07) is 8.91. The Morgan fingerprint density at radius 3 is 2.73 bits per heavy atom. The van der Waals surface area contributed by atoms with E-state index in [1.54, 1.807) is 25.3 Å². The molecule has 0 spiro atoms. The van der Waals surface area contributed by atoms with Crippen LogP contribution in [0.25, 0.3) is 5.57 Å². The predicted molar refractivity (Wildman–Crippen MR) is 83.9 cm³/mol. The van der Waals surface area contributed by atoms with Crippen LogP contribution >= 0.6 is 11.6 Å². The minimum absolute atomic E-state index is 0.248. The second kappa shape index (κ2) is 7.56. The van der Waals surface area contributed by atoms with Crippen LogP contribution in [0.1, 0.15) is 12.5 Å². The maximum atomic E-state index is 13.0. The molecule has 1 heterocycles. The summed E-state index contributed by atoms with van der Waals surface area (Å²) < 4.78 is 18.0. The molecular formula is C16H14ClFN2O2. The molecule has 2 aromatic rings. The Morgan fingerprint density at radius 1 is 1.36 bits per heavy atom. The molecule has 6 heteroatoms. The van der Waals surface area contributed by atoms with Gasteiger partial charge < -0.3 is 10.1 Å². The Kier molecular flexibility index (Phi) is 5.49. The number of nitrogens with zero attached hydrogens (tertiary/aromatic N) is 1. The summed E-state index contributed by atoms with van der Waals surface area (Å²) in [4.78, 5) is 15.9. The predicted octanol–water partition coefficient (Wildman–Crippen LogP) is 3.89. The van der Waals surface area contributed by atoms with Crippen molar-refractivity contribution < 1.29 is 13.9 Å². The number of hydrogen-bond acceptors (Lipinski definition) is 4. The highest BCUT2D eigenvalue weighted by molar-refractivity contribution is 6.29. The van der Waals surface area contributed by atoms with E-state index >= 15 is 0 Å². The zero-order chi connectivity index (χ0) is 15.9. The number of anilines is 1. The topological polar surface area (TPSA) is 51.2 Å². The molecule has 1 aromatic carbocycles. The largest absolute Gasteiger partial charge is 0.462 e. The van der Waals surface area contributed by atoms with Crippen LogP contribution in [0.2, 0.25) is 5.15 Å². The molecule has 0 unspecified atom stereocenters. The Morgan fingerprint density at radius 2 is 2.09 bits per heavy atom. The van der Waals surface area contributed by atoms with Gasteiger partial charge in [0.25, 0.3) is 0 Å². The SMILES string of the molecule is CCOC(=O)C(=CNc1ccnc(Cl)c1)c1ccc(F)cc1. The molecule has 0 bridgehead atoms. The molecule has 0 amide bonds. The Balaban J connectivity index is 2.29. The van der Waals surface area contributed by atoms with Crippen LogP contribution in [0.15, 0.2) is 48.8 Å². The lowest BCUT2D eigenvalue weighted by atomic mass is 10.1. The van der Waals surface area contributed by atoms with Crippen LogP contribution in [0.5, 0.6) is 0 Å². The number of ether oxygens (including phenoxy) is 1. The van der Waals surface area contributed by atoms with Crippen molar-refractivity contribution in [2.24, 2.45) is 0 Å². The van der Waals surface area contributed by atoms with Gasteiger partial charge in [0.1, 0.15) is 11.0 Å². The smallest absolute Gasteiger partial charge is 0.340 e. The molecule has 0 fully saturated rings. The molecule has 0 saturated carbocycles. The summed E-state index contributed by atoms with van der Waals surface area (Å²) in [5.41, 5.74) is 1.51. The van der Waals surface area contributed by atoms with Gasteiger partial charge in [-0.25, -0.2) is 14.2 Å². The summed E-state index contributed by atoms with van der Waals surface area (Å²) in [6.07, 6.45) is 3.04. The van der Waals surface area contributed by atoms with Crippen molar-refractivity contribution in [2.75, 3.05) is 11.9 Å². The quantitative estimate of drug-likeness (QED) is 0.516. The molecule has 0 radical (unpaired) electrons. The molecular weight excluding hydrogens is 307 g/mol. The van der Waals surface area contributed by atoms with Crippen LogP contribution in [-0.4, -0.2) is 17.6 Å². The lowest BCUT2D eigenvalue weighted by Gasteiger charge is -2.09. The van der Waals surface area contributed by atoms with E-state index < -0.39 is 5.97 Å². The molecule has 114 valence electrons. The first kappa shape index (κ1) is 16.0. The van der Waals surface area contributed by atoms with Gasteiger partial charge in [-0.2, -0.15) is 0 Å². The molecule has 22 heavy (non-hydrogen) atoms. The molecule has 0 aliphatic heterocycles. The minimum Gasteiger partial charge on any atom is -0.462 e. The van der Waals surface area contributed by atoms with E-state index in [1.807, 2.05) is 0 Å². The highest BCUT2D eigenvalue weighted by Gasteiger charge is 2.13. The third-order valence-electron chi connectivity index (χ3n) is 2.76. The average Bonchev–Trinajstić information content (AvgIpc) is 2.49. The van der Waals surface area contributed by atoms with Crippen molar-refractivity contribution in [3.8, 4) is 0 Å². The number of nitrogens with one attached hydrogen (secondary N) is 1. The number of rotatable bonds is 5. The Hall–Kier alpha value is -2.40. The molecule has 2 rings (SSSR count). The van der Waals surface area contributed by atoms with Crippen LogP contribution in [0.3, 0.4) is 0 Å². The number of esters is 1.